The Morgan fingerprint density at radius 1 is 1.13 bits per heavy atom. The van der Waals surface area contributed by atoms with E-state index in [1.807, 2.05) is 42.6 Å². The van der Waals surface area contributed by atoms with Gasteiger partial charge in [0.15, 0.2) is 5.78 Å². The predicted octanol–water partition coefficient (Wildman–Crippen LogP) is 2.66. The first kappa shape index (κ1) is 15.7. The van der Waals surface area contributed by atoms with Crippen molar-refractivity contribution >= 4 is 11.9 Å². The number of rotatable bonds is 5. The molecule has 4 nitrogen and oxygen atoms in total. The summed E-state index contributed by atoms with van der Waals surface area (Å²) in [6.07, 6.45) is 5.33. The summed E-state index contributed by atoms with van der Waals surface area (Å²) in [6.45, 7) is 5.12. The lowest BCUT2D eigenvalue weighted by atomic mass is 10.0. The molecule has 0 atom stereocenters. The maximum atomic E-state index is 12.5. The monoisotopic (exact) mass is 309 g/mol. The summed E-state index contributed by atoms with van der Waals surface area (Å²) in [5.41, 5.74) is 2.85. The summed E-state index contributed by atoms with van der Waals surface area (Å²) in [5.74, 6) is 0.0596. The number of benzene rings is 1. The van der Waals surface area contributed by atoms with Gasteiger partial charge in [-0.05, 0) is 36.9 Å². The number of ketones is 1. The van der Waals surface area contributed by atoms with Crippen molar-refractivity contribution in [3.8, 4) is 0 Å². The molecule has 1 fully saturated rings. The molecule has 0 bridgehead atoms. The standard InChI is InChI=1S/C19H23N3O/c1-21-11-13-22(14-12-21)15-16-5-2-3-7-18(16)19(23)9-8-17-6-4-10-20-17/h2-10,20H,11-15H2,1H3. The van der Waals surface area contributed by atoms with Gasteiger partial charge >= 0.3 is 0 Å². The van der Waals surface area contributed by atoms with E-state index in [9.17, 15) is 4.79 Å². The van der Waals surface area contributed by atoms with Gasteiger partial charge in [0.05, 0.1) is 0 Å². The lowest BCUT2D eigenvalue weighted by Crippen LogP contribution is -2.44. The fourth-order valence-corrected chi connectivity index (χ4v) is 2.85. The van der Waals surface area contributed by atoms with E-state index in [0.29, 0.717) is 0 Å². The minimum atomic E-state index is 0.0596. The molecule has 0 radical (unpaired) electrons. The average Bonchev–Trinajstić information content (AvgIpc) is 3.09. The van der Waals surface area contributed by atoms with Crippen molar-refractivity contribution in [2.45, 2.75) is 6.54 Å². The van der Waals surface area contributed by atoms with Crippen molar-refractivity contribution in [3.05, 3.63) is 65.5 Å². The van der Waals surface area contributed by atoms with Crippen LogP contribution >= 0.6 is 0 Å². The number of carbonyl (C=O) groups is 1. The van der Waals surface area contributed by atoms with Gasteiger partial charge in [0.2, 0.25) is 0 Å². The Bertz CT molecular complexity index is 668. The average molecular weight is 309 g/mol. The molecule has 2 aromatic rings. The smallest absolute Gasteiger partial charge is 0.186 e. The van der Waals surface area contributed by atoms with Crippen LogP contribution in [0.25, 0.3) is 6.08 Å². The van der Waals surface area contributed by atoms with Crippen molar-refractivity contribution in [2.75, 3.05) is 33.2 Å². The van der Waals surface area contributed by atoms with Crippen LogP contribution in [0.15, 0.2) is 48.7 Å². The van der Waals surface area contributed by atoms with E-state index in [4.69, 9.17) is 0 Å². The minimum Gasteiger partial charge on any atom is -0.362 e. The van der Waals surface area contributed by atoms with Crippen LogP contribution in [0.3, 0.4) is 0 Å². The number of hydrogen-bond donors (Lipinski definition) is 1. The molecule has 3 rings (SSSR count). The zero-order valence-corrected chi connectivity index (χ0v) is 13.5. The molecule has 4 heteroatoms. The summed E-state index contributed by atoms with van der Waals surface area (Å²) in [5, 5.41) is 0. The van der Waals surface area contributed by atoms with Crippen LogP contribution in [0.1, 0.15) is 21.6 Å². The van der Waals surface area contributed by atoms with Gasteiger partial charge < -0.3 is 9.88 Å². The second-order valence-electron chi connectivity index (χ2n) is 6.06. The van der Waals surface area contributed by atoms with Gasteiger partial charge in [0, 0.05) is 50.2 Å². The van der Waals surface area contributed by atoms with Gasteiger partial charge in [0.25, 0.3) is 0 Å². The number of nitrogens with zero attached hydrogens (tertiary/aromatic N) is 2. The van der Waals surface area contributed by atoms with Gasteiger partial charge in [-0.2, -0.15) is 0 Å². The Balaban J connectivity index is 1.71. The molecule has 1 saturated heterocycles. The molecule has 23 heavy (non-hydrogen) atoms. The number of carbonyl (C=O) groups excluding carboxylic acids is 1. The highest BCUT2D eigenvalue weighted by Gasteiger charge is 2.16. The lowest BCUT2D eigenvalue weighted by molar-refractivity contribution is 0.104. The topological polar surface area (TPSA) is 39.3 Å². The number of hydrogen-bond acceptors (Lipinski definition) is 3. The van der Waals surface area contributed by atoms with Gasteiger partial charge in [-0.3, -0.25) is 9.69 Å². The molecule has 1 aromatic carbocycles. The molecular weight excluding hydrogens is 286 g/mol. The van der Waals surface area contributed by atoms with Crippen LogP contribution in [-0.4, -0.2) is 53.8 Å². The fourth-order valence-electron chi connectivity index (χ4n) is 2.85. The molecule has 0 unspecified atom stereocenters. The quantitative estimate of drug-likeness (QED) is 0.682. The number of allylic oxidation sites excluding steroid dienone is 1. The number of piperazine rings is 1. The lowest BCUT2D eigenvalue weighted by Gasteiger charge is -2.32. The first-order valence-electron chi connectivity index (χ1n) is 8.07. The largest absolute Gasteiger partial charge is 0.362 e. The molecule has 1 aromatic heterocycles. The molecular formula is C19H23N3O. The molecule has 1 aliphatic heterocycles. The van der Waals surface area contributed by atoms with Crippen molar-refractivity contribution in [2.24, 2.45) is 0 Å². The molecule has 0 saturated carbocycles. The molecule has 1 aliphatic rings. The molecule has 1 N–H and O–H groups in total. The molecule has 0 aliphatic carbocycles. The SMILES string of the molecule is CN1CCN(Cc2ccccc2C(=O)C=Cc2ccc[nH]2)CC1. The molecule has 2 heterocycles. The zero-order chi connectivity index (χ0) is 16.1. The number of aromatic amines is 1. The Morgan fingerprint density at radius 3 is 2.65 bits per heavy atom. The minimum absolute atomic E-state index is 0.0596. The van der Waals surface area contributed by atoms with Crippen LogP contribution in [0.2, 0.25) is 0 Å². The molecule has 0 spiro atoms. The first-order valence-corrected chi connectivity index (χ1v) is 8.07. The van der Waals surface area contributed by atoms with Gasteiger partial charge in [-0.1, -0.05) is 24.3 Å². The number of nitrogens with one attached hydrogen (secondary N) is 1. The fraction of sp³-hybridized carbons (Fsp3) is 0.316. The number of likely N-dealkylation sites (N-methyl/N-ethyl adjacent to an activating group) is 1. The number of aromatic nitrogens is 1. The molecule has 120 valence electrons. The second-order valence-corrected chi connectivity index (χ2v) is 6.06. The number of H-pyrrole nitrogens is 1. The van der Waals surface area contributed by atoms with Crippen LogP contribution in [0.5, 0.6) is 0 Å². The maximum absolute atomic E-state index is 12.5. The van der Waals surface area contributed by atoms with Gasteiger partial charge in [0.1, 0.15) is 0 Å². The van der Waals surface area contributed by atoms with Crippen LogP contribution in [0, 0.1) is 0 Å². The summed E-state index contributed by atoms with van der Waals surface area (Å²) in [6, 6.07) is 11.8. The van der Waals surface area contributed by atoms with E-state index in [1.165, 1.54) is 0 Å². The van der Waals surface area contributed by atoms with Crippen molar-refractivity contribution in [1.82, 2.24) is 14.8 Å². The highest BCUT2D eigenvalue weighted by atomic mass is 16.1. The Kier molecular flexibility index (Phi) is 5.05. The third kappa shape index (κ3) is 4.18. The Hall–Kier alpha value is -2.17. The zero-order valence-electron chi connectivity index (χ0n) is 13.5. The van der Waals surface area contributed by atoms with E-state index < -0.39 is 0 Å². The normalized spacial score (nSPS) is 16.9. The van der Waals surface area contributed by atoms with E-state index in [-0.39, 0.29) is 5.78 Å². The van der Waals surface area contributed by atoms with E-state index in [2.05, 4.69) is 27.9 Å². The molecule has 0 amide bonds. The third-order valence-electron chi connectivity index (χ3n) is 4.31. The highest BCUT2D eigenvalue weighted by Crippen LogP contribution is 2.15. The van der Waals surface area contributed by atoms with Crippen LogP contribution in [0.4, 0.5) is 0 Å². The van der Waals surface area contributed by atoms with Gasteiger partial charge in [-0.25, -0.2) is 0 Å². The summed E-state index contributed by atoms with van der Waals surface area (Å²) >= 11 is 0. The second kappa shape index (κ2) is 7.40. The van der Waals surface area contributed by atoms with Crippen molar-refractivity contribution in [3.63, 3.8) is 0 Å². The Morgan fingerprint density at radius 2 is 1.91 bits per heavy atom. The van der Waals surface area contributed by atoms with Crippen molar-refractivity contribution in [1.29, 1.82) is 0 Å². The summed E-state index contributed by atoms with van der Waals surface area (Å²) in [7, 11) is 2.15. The third-order valence-corrected chi connectivity index (χ3v) is 4.31. The van der Waals surface area contributed by atoms with E-state index in [1.54, 1.807) is 6.08 Å². The van der Waals surface area contributed by atoms with Crippen LogP contribution in [-0.2, 0) is 6.54 Å². The highest BCUT2D eigenvalue weighted by molar-refractivity contribution is 6.07. The first-order chi connectivity index (χ1) is 11.2. The maximum Gasteiger partial charge on any atom is 0.186 e. The van der Waals surface area contributed by atoms with E-state index >= 15 is 0 Å². The summed E-state index contributed by atoms with van der Waals surface area (Å²) < 4.78 is 0. The van der Waals surface area contributed by atoms with Crippen molar-refractivity contribution < 1.29 is 4.79 Å². The van der Waals surface area contributed by atoms with Crippen LogP contribution < -0.4 is 0 Å². The van der Waals surface area contributed by atoms with Gasteiger partial charge in [-0.15, -0.1) is 0 Å². The summed E-state index contributed by atoms with van der Waals surface area (Å²) in [4.78, 5) is 20.4. The van der Waals surface area contributed by atoms with E-state index in [0.717, 1.165) is 49.5 Å². The predicted molar refractivity (Wildman–Crippen MR) is 93.4 cm³/mol. The Labute approximate surface area is 137 Å².